The Morgan fingerprint density at radius 1 is 1.62 bits per heavy atom. The molecular formula is C9H15NO3. The van der Waals surface area contributed by atoms with Gasteiger partial charge in [0.1, 0.15) is 0 Å². The summed E-state index contributed by atoms with van der Waals surface area (Å²) in [5, 5.41) is 10.1. The minimum Gasteiger partial charge on any atom is -0.467 e. The molecule has 0 aliphatic carbocycles. The molecule has 0 bridgehead atoms. The van der Waals surface area contributed by atoms with Gasteiger partial charge in [0.25, 0.3) is 0 Å². The molecule has 1 N–H and O–H groups in total. The first-order chi connectivity index (χ1) is 6.18. The number of nitrogens with zero attached hydrogens (tertiary/aromatic N) is 1. The maximum Gasteiger partial charge on any atom is 0.339 e. The third-order valence-corrected chi connectivity index (χ3v) is 3.23. The zero-order valence-corrected chi connectivity index (χ0v) is 7.82. The largest absolute Gasteiger partial charge is 0.467 e. The van der Waals surface area contributed by atoms with Crippen molar-refractivity contribution in [2.75, 3.05) is 20.2 Å². The highest BCUT2D eigenvalue weighted by Gasteiger charge is 2.53. The predicted molar refractivity (Wildman–Crippen MR) is 46.2 cm³/mol. The quantitative estimate of drug-likeness (QED) is 0.573. The molecule has 4 heteroatoms. The number of fused-ring (bicyclic) bond motifs is 1. The van der Waals surface area contributed by atoms with Gasteiger partial charge in [-0.2, -0.15) is 0 Å². The van der Waals surface area contributed by atoms with E-state index in [1.807, 2.05) is 0 Å². The van der Waals surface area contributed by atoms with Crippen LogP contribution in [0.5, 0.6) is 0 Å². The average molecular weight is 185 g/mol. The zero-order valence-electron chi connectivity index (χ0n) is 7.82. The Kier molecular flexibility index (Phi) is 2.04. The van der Waals surface area contributed by atoms with Gasteiger partial charge in [0, 0.05) is 19.0 Å². The highest BCUT2D eigenvalue weighted by Crippen LogP contribution is 2.36. The summed E-state index contributed by atoms with van der Waals surface area (Å²) in [7, 11) is 1.33. The van der Waals surface area contributed by atoms with E-state index in [4.69, 9.17) is 0 Å². The van der Waals surface area contributed by atoms with Crippen molar-refractivity contribution in [2.45, 2.75) is 30.9 Å². The van der Waals surface area contributed by atoms with Crippen molar-refractivity contribution >= 4 is 5.97 Å². The summed E-state index contributed by atoms with van der Waals surface area (Å²) in [6, 6.07) is -0.0000463. The molecular weight excluding hydrogens is 170 g/mol. The van der Waals surface area contributed by atoms with E-state index >= 15 is 0 Å². The summed E-state index contributed by atoms with van der Waals surface area (Å²) in [5.41, 5.74) is -1.23. The molecule has 13 heavy (non-hydrogen) atoms. The fourth-order valence-electron chi connectivity index (χ4n) is 2.53. The number of methoxy groups -OCH3 is 1. The first kappa shape index (κ1) is 8.97. The monoisotopic (exact) mass is 185 g/mol. The van der Waals surface area contributed by atoms with Crippen molar-refractivity contribution in [3.05, 3.63) is 0 Å². The fraction of sp³-hybridized carbons (Fsp3) is 0.889. The number of carbonyl (C=O) groups is 1. The summed E-state index contributed by atoms with van der Waals surface area (Å²) in [6.45, 7) is 1.82. The first-order valence-electron chi connectivity index (χ1n) is 4.73. The van der Waals surface area contributed by atoms with Crippen LogP contribution in [-0.4, -0.2) is 47.8 Å². The van der Waals surface area contributed by atoms with Crippen LogP contribution < -0.4 is 0 Å². The molecule has 2 rings (SSSR count). The maximum atomic E-state index is 11.4. The summed E-state index contributed by atoms with van der Waals surface area (Å²) in [6.07, 6.45) is 2.50. The summed E-state index contributed by atoms with van der Waals surface area (Å²) < 4.78 is 4.63. The van der Waals surface area contributed by atoms with Gasteiger partial charge in [-0.1, -0.05) is 0 Å². The molecule has 2 unspecified atom stereocenters. The normalized spacial score (nSPS) is 39.1. The first-order valence-corrected chi connectivity index (χ1v) is 4.73. The van der Waals surface area contributed by atoms with Crippen molar-refractivity contribution in [3.8, 4) is 0 Å². The van der Waals surface area contributed by atoms with Crippen molar-refractivity contribution in [1.82, 2.24) is 4.90 Å². The van der Waals surface area contributed by atoms with E-state index in [2.05, 4.69) is 9.64 Å². The van der Waals surface area contributed by atoms with Crippen molar-refractivity contribution in [1.29, 1.82) is 0 Å². The van der Waals surface area contributed by atoms with Gasteiger partial charge in [0.15, 0.2) is 5.60 Å². The van der Waals surface area contributed by atoms with Crippen LogP contribution >= 0.6 is 0 Å². The Balaban J connectivity index is 2.18. The number of hydrogen-bond acceptors (Lipinski definition) is 4. The van der Waals surface area contributed by atoms with Crippen LogP contribution in [0.2, 0.25) is 0 Å². The molecule has 0 saturated carbocycles. The van der Waals surface area contributed by atoms with Gasteiger partial charge < -0.3 is 9.84 Å². The van der Waals surface area contributed by atoms with Gasteiger partial charge >= 0.3 is 5.97 Å². The van der Waals surface area contributed by atoms with Crippen LogP contribution in [-0.2, 0) is 9.53 Å². The SMILES string of the molecule is COC(=O)C1(O)CCN2CCCC21. The van der Waals surface area contributed by atoms with Gasteiger partial charge in [-0.15, -0.1) is 0 Å². The molecule has 2 fully saturated rings. The number of esters is 1. The van der Waals surface area contributed by atoms with E-state index in [-0.39, 0.29) is 6.04 Å². The summed E-state index contributed by atoms with van der Waals surface area (Å²) in [4.78, 5) is 13.6. The Morgan fingerprint density at radius 2 is 2.38 bits per heavy atom. The third-order valence-electron chi connectivity index (χ3n) is 3.23. The van der Waals surface area contributed by atoms with E-state index in [1.54, 1.807) is 0 Å². The third kappa shape index (κ3) is 1.16. The molecule has 2 aliphatic heterocycles. The Morgan fingerprint density at radius 3 is 3.08 bits per heavy atom. The van der Waals surface area contributed by atoms with E-state index in [1.165, 1.54) is 7.11 Å². The Bertz CT molecular complexity index is 231. The van der Waals surface area contributed by atoms with E-state index in [0.29, 0.717) is 6.42 Å². The molecule has 0 aromatic rings. The van der Waals surface area contributed by atoms with Gasteiger partial charge in [-0.25, -0.2) is 4.79 Å². The van der Waals surface area contributed by atoms with E-state index < -0.39 is 11.6 Å². The maximum absolute atomic E-state index is 11.4. The molecule has 4 nitrogen and oxygen atoms in total. The van der Waals surface area contributed by atoms with Crippen LogP contribution in [0.15, 0.2) is 0 Å². The summed E-state index contributed by atoms with van der Waals surface area (Å²) >= 11 is 0. The van der Waals surface area contributed by atoms with Crippen molar-refractivity contribution in [2.24, 2.45) is 0 Å². The Hall–Kier alpha value is -0.610. The van der Waals surface area contributed by atoms with Gasteiger partial charge in [-0.05, 0) is 19.4 Å². The van der Waals surface area contributed by atoms with Crippen LogP contribution in [0.3, 0.4) is 0 Å². The van der Waals surface area contributed by atoms with Gasteiger partial charge in [-0.3, -0.25) is 4.90 Å². The molecule has 2 atom stereocenters. The van der Waals surface area contributed by atoms with E-state index in [0.717, 1.165) is 25.9 Å². The average Bonchev–Trinajstić information content (AvgIpc) is 2.69. The number of aliphatic hydroxyl groups is 1. The number of carbonyl (C=O) groups excluding carboxylic acids is 1. The molecule has 2 heterocycles. The van der Waals surface area contributed by atoms with Crippen LogP contribution in [0, 0.1) is 0 Å². The molecule has 0 amide bonds. The second kappa shape index (κ2) is 2.96. The molecule has 2 aliphatic rings. The van der Waals surface area contributed by atoms with Crippen LogP contribution in [0.4, 0.5) is 0 Å². The molecule has 0 aromatic heterocycles. The lowest BCUT2D eigenvalue weighted by Gasteiger charge is -2.26. The van der Waals surface area contributed by atoms with Crippen molar-refractivity contribution < 1.29 is 14.6 Å². The number of rotatable bonds is 1. The number of ether oxygens (including phenoxy) is 1. The fourth-order valence-corrected chi connectivity index (χ4v) is 2.53. The lowest BCUT2D eigenvalue weighted by molar-refractivity contribution is -0.164. The van der Waals surface area contributed by atoms with E-state index in [9.17, 15) is 9.90 Å². The highest BCUT2D eigenvalue weighted by atomic mass is 16.5. The molecule has 0 radical (unpaired) electrons. The topological polar surface area (TPSA) is 49.8 Å². The van der Waals surface area contributed by atoms with Crippen LogP contribution in [0.25, 0.3) is 0 Å². The molecule has 2 saturated heterocycles. The predicted octanol–water partition coefficient (Wildman–Crippen LogP) is -0.241. The Labute approximate surface area is 77.5 Å². The van der Waals surface area contributed by atoms with Crippen LogP contribution in [0.1, 0.15) is 19.3 Å². The molecule has 74 valence electrons. The molecule has 0 aromatic carbocycles. The lowest BCUT2D eigenvalue weighted by atomic mass is 9.93. The standard InChI is InChI=1S/C9H15NO3/c1-13-8(11)9(12)4-6-10-5-2-3-7(9)10/h7,12H,2-6H2,1H3. The summed E-state index contributed by atoms with van der Waals surface area (Å²) in [5.74, 6) is -0.470. The van der Waals surface area contributed by atoms with Gasteiger partial charge in [0.05, 0.1) is 7.11 Å². The highest BCUT2D eigenvalue weighted by molar-refractivity contribution is 5.80. The zero-order chi connectivity index (χ0) is 9.47. The number of hydrogen-bond donors (Lipinski definition) is 1. The smallest absolute Gasteiger partial charge is 0.339 e. The molecule has 0 spiro atoms. The lowest BCUT2D eigenvalue weighted by Crippen LogP contribution is -2.48. The van der Waals surface area contributed by atoms with Gasteiger partial charge in [0.2, 0.25) is 0 Å². The minimum atomic E-state index is -1.23. The second-order valence-electron chi connectivity index (χ2n) is 3.86. The van der Waals surface area contributed by atoms with Crippen molar-refractivity contribution in [3.63, 3.8) is 0 Å². The minimum absolute atomic E-state index is 0.0000463. The second-order valence-corrected chi connectivity index (χ2v) is 3.86.